The molecular formula is C20H34IN3O2S. The number of nitrogens with zero attached hydrogens (tertiary/aromatic N) is 2. The van der Waals surface area contributed by atoms with E-state index in [1.165, 1.54) is 17.7 Å². The molecule has 0 bridgehead atoms. The Kier molecular flexibility index (Phi) is 11.0. The summed E-state index contributed by atoms with van der Waals surface area (Å²) in [5, 5.41) is 5.58. The molecule has 0 radical (unpaired) electrons. The highest BCUT2D eigenvalue weighted by molar-refractivity contribution is 14.0. The van der Waals surface area contributed by atoms with Gasteiger partial charge in [-0.25, -0.2) is 0 Å². The SMILES string of the molecule is CCNC(=NCCc1cccs1)N1CCC(OCC2CCCCO2)CC1.I. The fourth-order valence-electron chi connectivity index (χ4n) is 3.57. The lowest BCUT2D eigenvalue weighted by molar-refractivity contribution is -0.0721. The van der Waals surface area contributed by atoms with Crippen molar-refractivity contribution < 1.29 is 9.47 Å². The van der Waals surface area contributed by atoms with Crippen LogP contribution in [0, 0.1) is 0 Å². The van der Waals surface area contributed by atoms with Crippen LogP contribution in [0.25, 0.3) is 0 Å². The van der Waals surface area contributed by atoms with E-state index in [0.29, 0.717) is 12.2 Å². The molecule has 27 heavy (non-hydrogen) atoms. The van der Waals surface area contributed by atoms with Crippen molar-refractivity contribution in [1.82, 2.24) is 10.2 Å². The van der Waals surface area contributed by atoms with Gasteiger partial charge in [-0.2, -0.15) is 0 Å². The number of hydrogen-bond acceptors (Lipinski definition) is 4. The molecule has 0 aliphatic carbocycles. The Bertz CT molecular complexity index is 527. The van der Waals surface area contributed by atoms with E-state index in [0.717, 1.165) is 71.0 Å². The predicted octanol–water partition coefficient (Wildman–Crippen LogP) is 3.92. The van der Waals surface area contributed by atoms with E-state index in [1.54, 1.807) is 0 Å². The molecule has 3 heterocycles. The van der Waals surface area contributed by atoms with E-state index < -0.39 is 0 Å². The highest BCUT2D eigenvalue weighted by atomic mass is 127. The van der Waals surface area contributed by atoms with Gasteiger partial charge >= 0.3 is 0 Å². The standard InChI is InChI=1S/C20H33N3O2S.HI/c1-2-21-20(22-11-8-19-7-5-15-26-19)23-12-9-17(10-13-23)25-16-18-6-3-4-14-24-18;/h5,7,15,17-18H,2-4,6,8-14,16H2,1H3,(H,21,22);1H. The molecule has 2 saturated heterocycles. The fourth-order valence-corrected chi connectivity index (χ4v) is 4.27. The van der Waals surface area contributed by atoms with E-state index in [1.807, 2.05) is 11.3 Å². The molecule has 154 valence electrons. The second kappa shape index (κ2) is 13.0. The van der Waals surface area contributed by atoms with Gasteiger partial charge in [0.1, 0.15) is 0 Å². The second-order valence-electron chi connectivity index (χ2n) is 7.07. The molecule has 5 nitrogen and oxygen atoms in total. The molecule has 1 N–H and O–H groups in total. The first-order valence-corrected chi connectivity index (χ1v) is 11.0. The zero-order valence-corrected chi connectivity index (χ0v) is 19.5. The summed E-state index contributed by atoms with van der Waals surface area (Å²) >= 11 is 1.81. The number of guanidine groups is 1. The van der Waals surface area contributed by atoms with Crippen molar-refractivity contribution in [3.8, 4) is 0 Å². The molecule has 7 heteroatoms. The van der Waals surface area contributed by atoms with Crippen molar-refractivity contribution in [1.29, 1.82) is 0 Å². The summed E-state index contributed by atoms with van der Waals surface area (Å²) in [6.07, 6.45) is 7.48. The Hall–Kier alpha value is -0.380. The Morgan fingerprint density at radius 2 is 2.19 bits per heavy atom. The average molecular weight is 507 g/mol. The molecular weight excluding hydrogens is 473 g/mol. The topological polar surface area (TPSA) is 46.1 Å². The van der Waals surface area contributed by atoms with E-state index >= 15 is 0 Å². The van der Waals surface area contributed by atoms with Crippen LogP contribution in [-0.2, 0) is 15.9 Å². The van der Waals surface area contributed by atoms with Crippen LogP contribution in [0.3, 0.4) is 0 Å². The van der Waals surface area contributed by atoms with E-state index in [2.05, 4.69) is 34.7 Å². The third-order valence-electron chi connectivity index (χ3n) is 5.07. The molecule has 3 rings (SSSR count). The highest BCUT2D eigenvalue weighted by Gasteiger charge is 2.23. The van der Waals surface area contributed by atoms with Crippen molar-refractivity contribution >= 4 is 41.3 Å². The van der Waals surface area contributed by atoms with Gasteiger partial charge in [0.2, 0.25) is 0 Å². The second-order valence-corrected chi connectivity index (χ2v) is 8.11. The van der Waals surface area contributed by atoms with Crippen molar-refractivity contribution in [2.45, 2.75) is 57.7 Å². The van der Waals surface area contributed by atoms with Crippen molar-refractivity contribution in [3.05, 3.63) is 22.4 Å². The maximum atomic E-state index is 6.13. The average Bonchev–Trinajstić information content (AvgIpc) is 3.20. The monoisotopic (exact) mass is 507 g/mol. The Morgan fingerprint density at radius 1 is 1.33 bits per heavy atom. The van der Waals surface area contributed by atoms with Crippen LogP contribution < -0.4 is 5.32 Å². The fraction of sp³-hybridized carbons (Fsp3) is 0.750. The predicted molar refractivity (Wildman–Crippen MR) is 124 cm³/mol. The molecule has 1 atom stereocenters. The van der Waals surface area contributed by atoms with E-state index in [-0.39, 0.29) is 24.0 Å². The van der Waals surface area contributed by atoms with E-state index in [4.69, 9.17) is 14.5 Å². The van der Waals surface area contributed by atoms with Gasteiger partial charge in [0.05, 0.1) is 18.8 Å². The summed E-state index contributed by atoms with van der Waals surface area (Å²) in [6, 6.07) is 4.30. The van der Waals surface area contributed by atoms with Crippen LogP contribution in [0.1, 0.15) is 43.9 Å². The first-order chi connectivity index (χ1) is 12.8. The van der Waals surface area contributed by atoms with Gasteiger partial charge in [-0.15, -0.1) is 35.3 Å². The zero-order valence-electron chi connectivity index (χ0n) is 16.4. The molecule has 2 fully saturated rings. The normalized spacial score (nSPS) is 21.7. The third kappa shape index (κ3) is 7.87. The zero-order chi connectivity index (χ0) is 18.0. The van der Waals surface area contributed by atoms with Gasteiger partial charge in [0, 0.05) is 44.1 Å². The largest absolute Gasteiger partial charge is 0.376 e. The van der Waals surface area contributed by atoms with Crippen molar-refractivity contribution in [3.63, 3.8) is 0 Å². The first kappa shape index (κ1) is 22.9. The molecule has 1 aromatic rings. The third-order valence-corrected chi connectivity index (χ3v) is 6.00. The van der Waals surface area contributed by atoms with Gasteiger partial charge in [-0.3, -0.25) is 4.99 Å². The minimum absolute atomic E-state index is 0. The van der Waals surface area contributed by atoms with Crippen LogP contribution in [-0.4, -0.2) is 62.5 Å². The number of nitrogens with one attached hydrogen (secondary N) is 1. The molecule has 2 aliphatic heterocycles. The first-order valence-electron chi connectivity index (χ1n) is 10.1. The van der Waals surface area contributed by atoms with Crippen LogP contribution in [0.4, 0.5) is 0 Å². The number of aliphatic imine (C=N–C) groups is 1. The quantitative estimate of drug-likeness (QED) is 0.345. The maximum Gasteiger partial charge on any atom is 0.193 e. The minimum Gasteiger partial charge on any atom is -0.376 e. The summed E-state index contributed by atoms with van der Waals surface area (Å²) in [5.74, 6) is 1.05. The molecule has 0 amide bonds. The van der Waals surface area contributed by atoms with Gasteiger partial charge < -0.3 is 19.7 Å². The highest BCUT2D eigenvalue weighted by Crippen LogP contribution is 2.18. The van der Waals surface area contributed by atoms with Gasteiger partial charge in [0.25, 0.3) is 0 Å². The van der Waals surface area contributed by atoms with Gasteiger partial charge in [-0.1, -0.05) is 6.07 Å². The number of thiophene rings is 1. The molecule has 1 aromatic heterocycles. The molecule has 2 aliphatic rings. The van der Waals surface area contributed by atoms with E-state index in [9.17, 15) is 0 Å². The summed E-state index contributed by atoms with van der Waals surface area (Å²) < 4.78 is 11.9. The van der Waals surface area contributed by atoms with Crippen LogP contribution in [0.2, 0.25) is 0 Å². The molecule has 0 saturated carbocycles. The Balaban J connectivity index is 0.00000261. The lowest BCUT2D eigenvalue weighted by Crippen LogP contribution is -2.47. The smallest absolute Gasteiger partial charge is 0.193 e. The number of piperidine rings is 1. The summed E-state index contributed by atoms with van der Waals surface area (Å²) in [7, 11) is 0. The number of rotatable bonds is 7. The van der Waals surface area contributed by atoms with Crippen LogP contribution in [0.15, 0.2) is 22.5 Å². The molecule has 0 aromatic carbocycles. The lowest BCUT2D eigenvalue weighted by atomic mass is 10.1. The van der Waals surface area contributed by atoms with Crippen LogP contribution >= 0.6 is 35.3 Å². The summed E-state index contributed by atoms with van der Waals surface area (Å²) in [5.41, 5.74) is 0. The minimum atomic E-state index is 0. The number of halogens is 1. The van der Waals surface area contributed by atoms with Crippen molar-refractivity contribution in [2.24, 2.45) is 4.99 Å². The summed E-state index contributed by atoms with van der Waals surface area (Å²) in [4.78, 5) is 8.62. The maximum absolute atomic E-state index is 6.13. The van der Waals surface area contributed by atoms with Gasteiger partial charge in [0.15, 0.2) is 5.96 Å². The number of hydrogen-bond donors (Lipinski definition) is 1. The Morgan fingerprint density at radius 3 is 2.85 bits per heavy atom. The molecule has 1 unspecified atom stereocenters. The van der Waals surface area contributed by atoms with Crippen LogP contribution in [0.5, 0.6) is 0 Å². The van der Waals surface area contributed by atoms with Gasteiger partial charge in [-0.05, 0) is 50.5 Å². The molecule has 0 spiro atoms. The summed E-state index contributed by atoms with van der Waals surface area (Å²) in [6.45, 7) is 7.59. The number of likely N-dealkylation sites (tertiary alicyclic amines) is 1. The number of ether oxygens (including phenoxy) is 2. The van der Waals surface area contributed by atoms with Crippen molar-refractivity contribution in [2.75, 3.05) is 39.4 Å². The lowest BCUT2D eigenvalue weighted by Gasteiger charge is -2.35. The Labute approximate surface area is 184 Å².